The van der Waals surface area contributed by atoms with Crippen molar-refractivity contribution in [2.45, 2.75) is 6.54 Å². The third-order valence-corrected chi connectivity index (χ3v) is 2.75. The van der Waals surface area contributed by atoms with Crippen LogP contribution in [0.5, 0.6) is 0 Å². The minimum absolute atomic E-state index is 0.270. The molecule has 0 aliphatic rings. The van der Waals surface area contributed by atoms with E-state index in [9.17, 15) is 4.79 Å². The van der Waals surface area contributed by atoms with Crippen molar-refractivity contribution in [3.05, 3.63) is 32.9 Å². The Hall–Kier alpha value is -1.51. The van der Waals surface area contributed by atoms with Gasteiger partial charge in [-0.1, -0.05) is 22.9 Å². The molecule has 0 saturated heterocycles. The molecule has 0 aromatic carbocycles. The van der Waals surface area contributed by atoms with E-state index >= 15 is 0 Å². The van der Waals surface area contributed by atoms with Crippen LogP contribution in [-0.4, -0.2) is 19.7 Å². The third kappa shape index (κ3) is 2.35. The summed E-state index contributed by atoms with van der Waals surface area (Å²) < 4.78 is 1.35. The van der Waals surface area contributed by atoms with Gasteiger partial charge in [-0.05, 0) is 0 Å². The molecule has 0 fully saturated rings. The molecule has 2 rings (SSSR count). The van der Waals surface area contributed by atoms with Gasteiger partial charge in [0.25, 0.3) is 0 Å². The van der Waals surface area contributed by atoms with Crippen LogP contribution >= 0.6 is 22.9 Å². The van der Waals surface area contributed by atoms with Crippen LogP contribution < -0.4 is 17.0 Å². The molecule has 0 saturated carbocycles. The van der Waals surface area contributed by atoms with Crippen LogP contribution in [-0.2, 0) is 6.54 Å². The fourth-order valence-electron chi connectivity index (χ4n) is 1.06. The molecule has 0 aliphatic heterocycles. The summed E-state index contributed by atoms with van der Waals surface area (Å²) in [4.78, 5) is 15.0. The van der Waals surface area contributed by atoms with E-state index in [1.165, 1.54) is 28.3 Å². The molecule has 2 aromatic heterocycles. The highest BCUT2D eigenvalue weighted by molar-refractivity contribution is 7.15. The normalized spacial score (nSPS) is 10.4. The number of rotatable bonds is 3. The van der Waals surface area contributed by atoms with E-state index in [1.807, 2.05) is 0 Å². The minimum atomic E-state index is -0.387. The first kappa shape index (κ1) is 11.0. The van der Waals surface area contributed by atoms with Crippen LogP contribution in [0.3, 0.4) is 0 Å². The number of nitrogens with two attached hydrogens (primary N) is 1. The Morgan fingerprint density at radius 2 is 2.38 bits per heavy atom. The molecule has 0 unspecified atom stereocenters. The lowest BCUT2D eigenvalue weighted by atomic mass is 10.6. The zero-order valence-electron chi connectivity index (χ0n) is 7.92. The van der Waals surface area contributed by atoms with E-state index in [2.05, 4.69) is 20.6 Å². The Balaban J connectivity index is 2.26. The SMILES string of the molecule is NNc1nnc(Cn2cc(Cl)cnc2=O)s1. The first-order valence-electron chi connectivity index (χ1n) is 4.20. The Morgan fingerprint density at radius 1 is 1.56 bits per heavy atom. The summed E-state index contributed by atoms with van der Waals surface area (Å²) in [5.74, 6) is 5.17. The summed E-state index contributed by atoms with van der Waals surface area (Å²) in [7, 11) is 0. The fraction of sp³-hybridized carbons (Fsp3) is 0.143. The van der Waals surface area contributed by atoms with Crippen molar-refractivity contribution < 1.29 is 0 Å². The number of nitrogen functional groups attached to an aromatic ring is 1. The Kier molecular flexibility index (Phi) is 3.13. The Morgan fingerprint density at radius 3 is 3.06 bits per heavy atom. The maximum atomic E-state index is 11.4. The first-order chi connectivity index (χ1) is 7.69. The van der Waals surface area contributed by atoms with Crippen molar-refractivity contribution in [1.29, 1.82) is 0 Å². The predicted molar refractivity (Wildman–Crippen MR) is 60.3 cm³/mol. The van der Waals surface area contributed by atoms with Crippen molar-refractivity contribution in [2.24, 2.45) is 5.84 Å². The number of hydrazine groups is 1. The molecule has 0 bridgehead atoms. The number of hydrogen-bond acceptors (Lipinski definition) is 7. The van der Waals surface area contributed by atoms with Gasteiger partial charge in [-0.15, -0.1) is 10.2 Å². The third-order valence-electron chi connectivity index (χ3n) is 1.72. The van der Waals surface area contributed by atoms with Crippen LogP contribution in [0, 0.1) is 0 Å². The molecule has 0 atom stereocenters. The number of anilines is 1. The number of hydrogen-bond donors (Lipinski definition) is 2. The highest BCUT2D eigenvalue weighted by atomic mass is 35.5. The fourth-order valence-corrected chi connectivity index (χ4v) is 1.88. The van der Waals surface area contributed by atoms with E-state index in [0.29, 0.717) is 15.2 Å². The van der Waals surface area contributed by atoms with Gasteiger partial charge >= 0.3 is 5.69 Å². The van der Waals surface area contributed by atoms with E-state index in [1.54, 1.807) is 0 Å². The number of nitrogens with zero attached hydrogens (tertiary/aromatic N) is 4. The molecule has 3 N–H and O–H groups in total. The van der Waals surface area contributed by atoms with Gasteiger partial charge < -0.3 is 0 Å². The van der Waals surface area contributed by atoms with Crippen molar-refractivity contribution in [1.82, 2.24) is 19.7 Å². The monoisotopic (exact) mass is 258 g/mol. The molecule has 7 nitrogen and oxygen atoms in total. The number of halogens is 1. The number of aromatic nitrogens is 4. The van der Waals surface area contributed by atoms with Gasteiger partial charge in [-0.3, -0.25) is 9.99 Å². The average molecular weight is 259 g/mol. The van der Waals surface area contributed by atoms with Crippen LogP contribution in [0.4, 0.5) is 5.13 Å². The molecular formula is C7H7ClN6OS. The van der Waals surface area contributed by atoms with E-state index in [-0.39, 0.29) is 12.2 Å². The summed E-state index contributed by atoms with van der Waals surface area (Å²) in [5.41, 5.74) is 1.99. The Labute approximate surface area is 98.9 Å². The minimum Gasteiger partial charge on any atom is -0.298 e. The zero-order valence-corrected chi connectivity index (χ0v) is 9.49. The predicted octanol–water partition coefficient (Wildman–Crippen LogP) is 0.0821. The second-order valence-electron chi connectivity index (χ2n) is 2.83. The lowest BCUT2D eigenvalue weighted by molar-refractivity contribution is 0.715. The molecule has 2 heterocycles. The van der Waals surface area contributed by atoms with Crippen molar-refractivity contribution in [2.75, 3.05) is 5.43 Å². The van der Waals surface area contributed by atoms with Crippen LogP contribution in [0.1, 0.15) is 5.01 Å². The van der Waals surface area contributed by atoms with Crippen LogP contribution in [0.15, 0.2) is 17.2 Å². The highest BCUT2D eigenvalue weighted by Gasteiger charge is 2.05. The van der Waals surface area contributed by atoms with Gasteiger partial charge in [0.05, 0.1) is 17.8 Å². The smallest absolute Gasteiger partial charge is 0.298 e. The molecule has 0 spiro atoms. The average Bonchev–Trinajstić information content (AvgIpc) is 2.71. The van der Waals surface area contributed by atoms with E-state index < -0.39 is 0 Å². The quantitative estimate of drug-likeness (QED) is 0.598. The molecule has 84 valence electrons. The topological polar surface area (TPSA) is 98.7 Å². The molecule has 0 radical (unpaired) electrons. The molecular weight excluding hydrogens is 252 g/mol. The van der Waals surface area contributed by atoms with Crippen LogP contribution in [0.2, 0.25) is 5.02 Å². The second-order valence-corrected chi connectivity index (χ2v) is 4.33. The summed E-state index contributed by atoms with van der Waals surface area (Å²) in [6, 6.07) is 0. The van der Waals surface area contributed by atoms with Gasteiger partial charge in [-0.25, -0.2) is 15.6 Å². The molecule has 2 aromatic rings. The van der Waals surface area contributed by atoms with Crippen molar-refractivity contribution in [3.8, 4) is 0 Å². The summed E-state index contributed by atoms with van der Waals surface area (Å²) in [6.07, 6.45) is 2.79. The van der Waals surface area contributed by atoms with Gasteiger partial charge in [0, 0.05) is 6.20 Å². The van der Waals surface area contributed by atoms with Gasteiger partial charge in [0.1, 0.15) is 5.01 Å². The van der Waals surface area contributed by atoms with E-state index in [0.717, 1.165) is 0 Å². The lowest BCUT2D eigenvalue weighted by Crippen LogP contribution is -2.22. The van der Waals surface area contributed by atoms with E-state index in [4.69, 9.17) is 17.4 Å². The van der Waals surface area contributed by atoms with Gasteiger partial charge in [-0.2, -0.15) is 0 Å². The second kappa shape index (κ2) is 4.56. The maximum Gasteiger partial charge on any atom is 0.347 e. The standard InChI is InChI=1S/C7H7ClN6OS/c8-4-1-10-7(15)14(2-4)3-5-12-13-6(11-9)16-5/h1-2H,3,9H2,(H,11,13). The van der Waals surface area contributed by atoms with Gasteiger partial charge in [0.2, 0.25) is 5.13 Å². The summed E-state index contributed by atoms with van der Waals surface area (Å²) >= 11 is 6.98. The lowest BCUT2D eigenvalue weighted by Gasteiger charge is -2.00. The number of nitrogens with one attached hydrogen (secondary N) is 1. The first-order valence-corrected chi connectivity index (χ1v) is 5.39. The summed E-state index contributed by atoms with van der Waals surface area (Å²) in [5, 5.41) is 9.11. The highest BCUT2D eigenvalue weighted by Crippen LogP contribution is 2.14. The van der Waals surface area contributed by atoms with Crippen LogP contribution in [0.25, 0.3) is 0 Å². The maximum absolute atomic E-state index is 11.4. The molecule has 0 aliphatic carbocycles. The van der Waals surface area contributed by atoms with Gasteiger partial charge in [0.15, 0.2) is 0 Å². The van der Waals surface area contributed by atoms with Crippen molar-refractivity contribution in [3.63, 3.8) is 0 Å². The Bertz CT molecular complexity index is 552. The molecule has 9 heteroatoms. The largest absolute Gasteiger partial charge is 0.347 e. The summed E-state index contributed by atoms with van der Waals surface area (Å²) in [6.45, 7) is 0.270. The molecule has 0 amide bonds. The molecule has 16 heavy (non-hydrogen) atoms. The zero-order chi connectivity index (χ0) is 11.5. The van der Waals surface area contributed by atoms with Crippen molar-refractivity contribution >= 4 is 28.1 Å².